The van der Waals surface area contributed by atoms with E-state index in [0.717, 1.165) is 24.8 Å². The number of methoxy groups -OCH3 is 3. The van der Waals surface area contributed by atoms with Crippen LogP contribution < -0.4 is 5.73 Å². The van der Waals surface area contributed by atoms with Gasteiger partial charge in [0.2, 0.25) is 0 Å². The molecule has 0 fully saturated rings. The van der Waals surface area contributed by atoms with Gasteiger partial charge in [-0.15, -0.1) is 0 Å². The molecule has 0 rings (SSSR count). The molecule has 16 heavy (non-hydrogen) atoms. The Morgan fingerprint density at radius 3 is 1.81 bits per heavy atom. The van der Waals surface area contributed by atoms with Gasteiger partial charge in [0.1, 0.15) is 0 Å². The van der Waals surface area contributed by atoms with E-state index in [0.29, 0.717) is 19.8 Å². The lowest BCUT2D eigenvalue weighted by atomic mass is 9.84. The molecule has 0 amide bonds. The molecule has 0 atom stereocenters. The molecule has 0 spiro atoms. The fourth-order valence-corrected chi connectivity index (χ4v) is 1.52. The normalized spacial score (nSPS) is 11.8. The lowest BCUT2D eigenvalue weighted by Gasteiger charge is -2.31. The molecule has 0 unspecified atom stereocenters. The topological polar surface area (TPSA) is 53.7 Å². The zero-order chi connectivity index (χ0) is 12.4. The van der Waals surface area contributed by atoms with Crippen LogP contribution in [0.3, 0.4) is 0 Å². The lowest BCUT2D eigenvalue weighted by molar-refractivity contribution is 0.139. The summed E-state index contributed by atoms with van der Waals surface area (Å²) in [5.74, 6) is 0. The van der Waals surface area contributed by atoms with Gasteiger partial charge in [-0.25, -0.2) is 0 Å². The van der Waals surface area contributed by atoms with Crippen LogP contribution in [0.1, 0.15) is 19.3 Å². The van der Waals surface area contributed by atoms with Crippen LogP contribution in [0.2, 0.25) is 0 Å². The zero-order valence-corrected chi connectivity index (χ0v) is 10.8. The molecule has 0 aromatic rings. The smallest absolute Gasteiger partial charge is 0.0500 e. The number of ether oxygens (including phenoxy) is 3. The number of rotatable bonds is 10. The monoisotopic (exact) mass is 231 g/mol. The first-order valence-electron chi connectivity index (χ1n) is 5.54. The van der Waals surface area contributed by atoms with Gasteiger partial charge in [-0.05, 0) is 19.3 Å². The summed E-state index contributed by atoms with van der Waals surface area (Å²) in [6.07, 6.45) is 2.30. The molecule has 0 aromatic carbocycles. The summed E-state index contributed by atoms with van der Waals surface area (Å²) in [5, 5.41) is 0. The Balaban J connectivity index is 4.30. The largest absolute Gasteiger partial charge is 0.385 e. The molecular formula is C12H25NO3. The third kappa shape index (κ3) is 5.61. The Morgan fingerprint density at radius 1 is 1.00 bits per heavy atom. The van der Waals surface area contributed by atoms with Crippen LogP contribution >= 0.6 is 0 Å². The highest BCUT2D eigenvalue weighted by Crippen LogP contribution is 2.23. The van der Waals surface area contributed by atoms with Crippen molar-refractivity contribution in [2.75, 3.05) is 41.2 Å². The van der Waals surface area contributed by atoms with Crippen LogP contribution in [-0.2, 0) is 14.2 Å². The number of hydrogen-bond acceptors (Lipinski definition) is 4. The molecule has 96 valence electrons. The molecule has 0 heterocycles. The SMILES string of the molecule is C=C(CCOC)C(N)(CCOC)CCOC. The molecule has 0 aromatic heterocycles. The maximum Gasteiger partial charge on any atom is 0.0500 e. The van der Waals surface area contributed by atoms with E-state index < -0.39 is 5.54 Å². The highest BCUT2D eigenvalue weighted by molar-refractivity contribution is 5.15. The second-order valence-corrected chi connectivity index (χ2v) is 3.99. The fraction of sp³-hybridized carbons (Fsp3) is 0.833. The van der Waals surface area contributed by atoms with Crippen molar-refractivity contribution in [2.24, 2.45) is 5.73 Å². The van der Waals surface area contributed by atoms with Gasteiger partial charge in [0.05, 0.1) is 0 Å². The van der Waals surface area contributed by atoms with Gasteiger partial charge in [-0.3, -0.25) is 0 Å². The Bertz CT molecular complexity index is 187. The van der Waals surface area contributed by atoms with E-state index >= 15 is 0 Å². The average Bonchev–Trinajstić information content (AvgIpc) is 2.30. The molecule has 4 heteroatoms. The Labute approximate surface area is 98.7 Å². The predicted octanol–water partition coefficient (Wildman–Crippen LogP) is 1.35. The van der Waals surface area contributed by atoms with E-state index in [1.165, 1.54) is 0 Å². The third-order valence-electron chi connectivity index (χ3n) is 2.82. The third-order valence-corrected chi connectivity index (χ3v) is 2.82. The highest BCUT2D eigenvalue weighted by atomic mass is 16.5. The molecule has 0 aliphatic carbocycles. The Kier molecular flexibility index (Phi) is 8.47. The van der Waals surface area contributed by atoms with Crippen LogP contribution in [0.4, 0.5) is 0 Å². The van der Waals surface area contributed by atoms with Crippen molar-refractivity contribution in [2.45, 2.75) is 24.8 Å². The molecule has 0 radical (unpaired) electrons. The summed E-state index contributed by atoms with van der Waals surface area (Å²) in [6.45, 7) is 5.97. The maximum atomic E-state index is 6.34. The minimum Gasteiger partial charge on any atom is -0.385 e. The van der Waals surface area contributed by atoms with Gasteiger partial charge in [0.15, 0.2) is 0 Å². The van der Waals surface area contributed by atoms with Crippen molar-refractivity contribution in [3.05, 3.63) is 12.2 Å². The summed E-state index contributed by atoms with van der Waals surface area (Å²) >= 11 is 0. The molecular weight excluding hydrogens is 206 g/mol. The predicted molar refractivity (Wildman–Crippen MR) is 65.5 cm³/mol. The van der Waals surface area contributed by atoms with Gasteiger partial charge in [-0.1, -0.05) is 12.2 Å². The minimum absolute atomic E-state index is 0.412. The van der Waals surface area contributed by atoms with E-state index in [2.05, 4.69) is 6.58 Å². The van der Waals surface area contributed by atoms with Crippen LogP contribution in [-0.4, -0.2) is 46.7 Å². The summed E-state index contributed by atoms with van der Waals surface area (Å²) in [4.78, 5) is 0. The highest BCUT2D eigenvalue weighted by Gasteiger charge is 2.27. The maximum absolute atomic E-state index is 6.34. The molecule has 2 N–H and O–H groups in total. The molecule has 0 saturated heterocycles. The quantitative estimate of drug-likeness (QED) is 0.577. The van der Waals surface area contributed by atoms with Crippen molar-refractivity contribution in [1.29, 1.82) is 0 Å². The fourth-order valence-electron chi connectivity index (χ4n) is 1.52. The molecule has 0 saturated carbocycles. The summed E-state index contributed by atoms with van der Waals surface area (Å²) < 4.78 is 15.2. The molecule has 4 nitrogen and oxygen atoms in total. The van der Waals surface area contributed by atoms with Crippen LogP contribution in [0.5, 0.6) is 0 Å². The second-order valence-electron chi connectivity index (χ2n) is 3.99. The van der Waals surface area contributed by atoms with E-state index in [9.17, 15) is 0 Å². The summed E-state index contributed by atoms with van der Waals surface area (Å²) in [7, 11) is 5.03. The van der Waals surface area contributed by atoms with Gasteiger partial charge in [0, 0.05) is 46.7 Å². The van der Waals surface area contributed by atoms with Crippen molar-refractivity contribution in [1.82, 2.24) is 0 Å². The van der Waals surface area contributed by atoms with E-state index in [1.807, 2.05) is 0 Å². The standard InChI is InChI=1S/C12H25NO3/c1-11(5-8-14-2)12(13,6-9-15-3)7-10-16-4/h1,5-10,13H2,2-4H3. The zero-order valence-electron chi connectivity index (χ0n) is 10.8. The number of hydrogen-bond donors (Lipinski definition) is 1. The summed E-state index contributed by atoms with van der Waals surface area (Å²) in [6, 6.07) is 0. The molecule has 0 aliphatic rings. The first kappa shape index (κ1) is 15.6. The first-order valence-corrected chi connectivity index (χ1v) is 5.54. The minimum atomic E-state index is -0.412. The van der Waals surface area contributed by atoms with E-state index in [4.69, 9.17) is 19.9 Å². The first-order chi connectivity index (χ1) is 7.60. The number of nitrogens with two attached hydrogens (primary N) is 1. The second kappa shape index (κ2) is 8.70. The van der Waals surface area contributed by atoms with Crippen molar-refractivity contribution < 1.29 is 14.2 Å². The van der Waals surface area contributed by atoms with Crippen LogP contribution in [0.15, 0.2) is 12.2 Å². The van der Waals surface area contributed by atoms with Crippen molar-refractivity contribution in [3.8, 4) is 0 Å². The molecule has 0 aliphatic heterocycles. The van der Waals surface area contributed by atoms with Crippen LogP contribution in [0, 0.1) is 0 Å². The van der Waals surface area contributed by atoms with Gasteiger partial charge < -0.3 is 19.9 Å². The Hall–Kier alpha value is -0.420. The van der Waals surface area contributed by atoms with Gasteiger partial charge in [0.25, 0.3) is 0 Å². The van der Waals surface area contributed by atoms with E-state index in [-0.39, 0.29) is 0 Å². The lowest BCUT2D eigenvalue weighted by Crippen LogP contribution is -2.44. The molecule has 0 bridgehead atoms. The van der Waals surface area contributed by atoms with Crippen molar-refractivity contribution in [3.63, 3.8) is 0 Å². The van der Waals surface area contributed by atoms with Gasteiger partial charge in [-0.2, -0.15) is 0 Å². The van der Waals surface area contributed by atoms with Gasteiger partial charge >= 0.3 is 0 Å². The van der Waals surface area contributed by atoms with E-state index in [1.54, 1.807) is 21.3 Å². The summed E-state index contributed by atoms with van der Waals surface area (Å²) in [5.41, 5.74) is 6.93. The van der Waals surface area contributed by atoms with Crippen molar-refractivity contribution >= 4 is 0 Å². The van der Waals surface area contributed by atoms with Crippen LogP contribution in [0.25, 0.3) is 0 Å². The average molecular weight is 231 g/mol. The Morgan fingerprint density at radius 2 is 1.44 bits per heavy atom.